The van der Waals surface area contributed by atoms with Crippen molar-refractivity contribution < 1.29 is 22.6 Å². The molecule has 1 saturated heterocycles. The van der Waals surface area contributed by atoms with Gasteiger partial charge in [0.25, 0.3) is 0 Å². The first-order chi connectivity index (χ1) is 8.92. The van der Waals surface area contributed by atoms with Gasteiger partial charge in [-0.15, -0.1) is 0 Å². The first kappa shape index (κ1) is 14.3. The molecule has 0 aromatic heterocycles. The molecule has 1 fully saturated rings. The van der Waals surface area contributed by atoms with E-state index in [4.69, 9.17) is 16.3 Å². The first-order valence-electron chi connectivity index (χ1n) is 5.80. The SMILES string of the molecule is FC(F)(F)COc1cc(Cl)cc(O[C@@H]2CCNC2)c1. The number of benzene rings is 1. The zero-order valence-electron chi connectivity index (χ0n) is 9.97. The molecule has 0 saturated carbocycles. The van der Waals surface area contributed by atoms with E-state index in [0.717, 1.165) is 13.0 Å². The Bertz CT molecular complexity index is 433. The molecule has 2 rings (SSSR count). The monoisotopic (exact) mass is 295 g/mol. The van der Waals surface area contributed by atoms with Gasteiger partial charge in [0.1, 0.15) is 17.6 Å². The van der Waals surface area contributed by atoms with Gasteiger partial charge in [-0.05, 0) is 25.1 Å². The normalized spacial score (nSPS) is 19.5. The summed E-state index contributed by atoms with van der Waals surface area (Å²) in [6.45, 7) is 0.228. The van der Waals surface area contributed by atoms with Crippen LogP contribution in [-0.4, -0.2) is 32.0 Å². The summed E-state index contributed by atoms with van der Waals surface area (Å²) in [7, 11) is 0. The van der Waals surface area contributed by atoms with Gasteiger partial charge in [-0.1, -0.05) is 11.6 Å². The molecule has 1 aromatic rings. The minimum absolute atomic E-state index is 0.00827. The van der Waals surface area contributed by atoms with Gasteiger partial charge in [-0.2, -0.15) is 13.2 Å². The fourth-order valence-electron chi connectivity index (χ4n) is 1.77. The summed E-state index contributed by atoms with van der Waals surface area (Å²) < 4.78 is 46.5. The Morgan fingerprint density at radius 2 is 2.00 bits per heavy atom. The molecule has 0 unspecified atom stereocenters. The van der Waals surface area contributed by atoms with E-state index in [-0.39, 0.29) is 16.9 Å². The van der Waals surface area contributed by atoms with Crippen LogP contribution >= 0.6 is 11.6 Å². The highest BCUT2D eigenvalue weighted by Gasteiger charge is 2.28. The Kier molecular flexibility index (Phi) is 4.42. The molecule has 1 atom stereocenters. The minimum atomic E-state index is -4.38. The fraction of sp³-hybridized carbons (Fsp3) is 0.500. The summed E-state index contributed by atoms with van der Waals surface area (Å²) in [5.41, 5.74) is 0. The van der Waals surface area contributed by atoms with Crippen LogP contribution in [-0.2, 0) is 0 Å². The molecule has 1 heterocycles. The largest absolute Gasteiger partial charge is 0.489 e. The zero-order chi connectivity index (χ0) is 13.9. The van der Waals surface area contributed by atoms with E-state index >= 15 is 0 Å². The molecule has 0 aliphatic carbocycles. The van der Waals surface area contributed by atoms with E-state index < -0.39 is 12.8 Å². The van der Waals surface area contributed by atoms with E-state index in [0.29, 0.717) is 12.3 Å². The summed E-state index contributed by atoms with van der Waals surface area (Å²) in [6, 6.07) is 4.29. The van der Waals surface area contributed by atoms with E-state index in [9.17, 15) is 13.2 Å². The van der Waals surface area contributed by atoms with Crippen LogP contribution < -0.4 is 14.8 Å². The highest BCUT2D eigenvalue weighted by atomic mass is 35.5. The minimum Gasteiger partial charge on any atom is -0.489 e. The first-order valence-corrected chi connectivity index (χ1v) is 6.18. The molecule has 1 N–H and O–H groups in total. The van der Waals surface area contributed by atoms with Crippen LogP contribution in [0, 0.1) is 0 Å². The average Bonchev–Trinajstić information content (AvgIpc) is 2.77. The van der Waals surface area contributed by atoms with Gasteiger partial charge in [0.05, 0.1) is 0 Å². The van der Waals surface area contributed by atoms with Crippen molar-refractivity contribution in [3.8, 4) is 11.5 Å². The van der Waals surface area contributed by atoms with E-state index in [1.807, 2.05) is 0 Å². The molecular formula is C12H13ClF3NO2. The Hall–Kier alpha value is -1.14. The second-order valence-corrected chi connectivity index (χ2v) is 4.70. The van der Waals surface area contributed by atoms with E-state index in [1.54, 1.807) is 6.07 Å². The maximum Gasteiger partial charge on any atom is 0.422 e. The second-order valence-electron chi connectivity index (χ2n) is 4.26. The van der Waals surface area contributed by atoms with Gasteiger partial charge < -0.3 is 14.8 Å². The number of ether oxygens (including phenoxy) is 2. The van der Waals surface area contributed by atoms with Gasteiger partial charge in [0.2, 0.25) is 0 Å². The second kappa shape index (κ2) is 5.88. The van der Waals surface area contributed by atoms with Gasteiger partial charge in [0.15, 0.2) is 6.61 Å². The van der Waals surface area contributed by atoms with Crippen LogP contribution in [0.5, 0.6) is 11.5 Å². The van der Waals surface area contributed by atoms with Gasteiger partial charge in [0, 0.05) is 17.6 Å². The van der Waals surface area contributed by atoms with Crippen molar-refractivity contribution in [3.05, 3.63) is 23.2 Å². The Balaban J connectivity index is 2.01. The number of rotatable bonds is 4. The predicted octanol–water partition coefficient (Wildman–Crippen LogP) is 3.02. The van der Waals surface area contributed by atoms with Crippen LogP contribution in [0.1, 0.15) is 6.42 Å². The van der Waals surface area contributed by atoms with Crippen molar-refractivity contribution in [3.63, 3.8) is 0 Å². The lowest BCUT2D eigenvalue weighted by molar-refractivity contribution is -0.153. The van der Waals surface area contributed by atoms with Crippen molar-refractivity contribution >= 4 is 11.6 Å². The van der Waals surface area contributed by atoms with E-state index in [2.05, 4.69) is 10.1 Å². The number of halogens is 4. The summed E-state index contributed by atoms with van der Waals surface area (Å²) in [5.74, 6) is 0.462. The molecule has 19 heavy (non-hydrogen) atoms. The molecule has 0 spiro atoms. The topological polar surface area (TPSA) is 30.5 Å². The van der Waals surface area contributed by atoms with Crippen LogP contribution in [0.2, 0.25) is 5.02 Å². The molecule has 7 heteroatoms. The van der Waals surface area contributed by atoms with Gasteiger partial charge in [-0.25, -0.2) is 0 Å². The summed E-state index contributed by atoms with van der Waals surface area (Å²) >= 11 is 5.83. The third-order valence-electron chi connectivity index (χ3n) is 2.57. The molecule has 3 nitrogen and oxygen atoms in total. The average molecular weight is 296 g/mol. The number of alkyl halides is 3. The van der Waals surface area contributed by atoms with Crippen LogP contribution in [0.15, 0.2) is 18.2 Å². The summed E-state index contributed by atoms with van der Waals surface area (Å²) in [5, 5.41) is 3.41. The molecule has 1 aromatic carbocycles. The number of nitrogens with one attached hydrogen (secondary N) is 1. The Labute approximate surface area is 113 Å². The lowest BCUT2D eigenvalue weighted by atomic mass is 10.3. The molecule has 0 radical (unpaired) electrons. The predicted molar refractivity (Wildman–Crippen MR) is 64.9 cm³/mol. The summed E-state index contributed by atoms with van der Waals surface area (Å²) in [4.78, 5) is 0. The molecule has 0 bridgehead atoms. The van der Waals surface area contributed by atoms with Crippen LogP contribution in [0.3, 0.4) is 0 Å². The highest BCUT2D eigenvalue weighted by Crippen LogP contribution is 2.28. The van der Waals surface area contributed by atoms with Gasteiger partial charge in [-0.3, -0.25) is 0 Å². The van der Waals surface area contributed by atoms with Crippen molar-refractivity contribution in [2.24, 2.45) is 0 Å². The standard InChI is InChI=1S/C12H13ClF3NO2/c13-8-3-10(18-7-12(14,15)16)5-11(4-8)19-9-1-2-17-6-9/h3-5,9,17H,1-2,6-7H2/t9-/m1/s1. The van der Waals surface area contributed by atoms with Crippen molar-refractivity contribution in [2.75, 3.05) is 19.7 Å². The Morgan fingerprint density at radius 3 is 2.63 bits per heavy atom. The van der Waals surface area contributed by atoms with Crippen LogP contribution in [0.25, 0.3) is 0 Å². The molecule has 106 valence electrons. The third kappa shape index (κ3) is 4.80. The highest BCUT2D eigenvalue weighted by molar-refractivity contribution is 6.30. The van der Waals surface area contributed by atoms with Crippen LogP contribution in [0.4, 0.5) is 13.2 Å². The maximum absolute atomic E-state index is 12.1. The van der Waals surface area contributed by atoms with Crippen molar-refractivity contribution in [1.29, 1.82) is 0 Å². The fourth-order valence-corrected chi connectivity index (χ4v) is 1.99. The molecular weight excluding hydrogens is 283 g/mol. The smallest absolute Gasteiger partial charge is 0.422 e. The molecule has 1 aliphatic heterocycles. The number of hydrogen-bond donors (Lipinski definition) is 1. The lowest BCUT2D eigenvalue weighted by Gasteiger charge is -2.15. The van der Waals surface area contributed by atoms with E-state index in [1.165, 1.54) is 12.1 Å². The molecule has 0 amide bonds. The Morgan fingerprint density at radius 1 is 1.26 bits per heavy atom. The van der Waals surface area contributed by atoms with Crippen molar-refractivity contribution in [2.45, 2.75) is 18.7 Å². The number of hydrogen-bond acceptors (Lipinski definition) is 3. The molecule has 1 aliphatic rings. The quantitative estimate of drug-likeness (QED) is 0.926. The maximum atomic E-state index is 12.1. The lowest BCUT2D eigenvalue weighted by Crippen LogP contribution is -2.20. The van der Waals surface area contributed by atoms with Gasteiger partial charge >= 0.3 is 6.18 Å². The third-order valence-corrected chi connectivity index (χ3v) is 2.78. The zero-order valence-corrected chi connectivity index (χ0v) is 10.7. The van der Waals surface area contributed by atoms with Crippen molar-refractivity contribution in [1.82, 2.24) is 5.32 Å². The summed E-state index contributed by atoms with van der Waals surface area (Å²) in [6.07, 6.45) is -3.52.